The number of nitrogens with two attached hydrogens (primary N) is 1. The number of anilines is 2. The van der Waals surface area contributed by atoms with Crippen LogP contribution in [-0.4, -0.2) is 15.9 Å². The lowest BCUT2D eigenvalue weighted by molar-refractivity contribution is 0.102. The van der Waals surface area contributed by atoms with E-state index in [9.17, 15) is 9.18 Å². The van der Waals surface area contributed by atoms with E-state index in [1.54, 1.807) is 6.07 Å². The lowest BCUT2D eigenvalue weighted by Crippen LogP contribution is -2.16. The van der Waals surface area contributed by atoms with Crippen molar-refractivity contribution in [1.29, 1.82) is 0 Å². The fourth-order valence-electron chi connectivity index (χ4n) is 1.27. The maximum Gasteiger partial charge on any atom is 0.260 e. The van der Waals surface area contributed by atoms with Gasteiger partial charge in [0.1, 0.15) is 5.82 Å². The molecule has 1 aromatic heterocycles. The van der Waals surface area contributed by atoms with Crippen LogP contribution >= 0.6 is 0 Å². The van der Waals surface area contributed by atoms with Crippen molar-refractivity contribution in [3.8, 4) is 0 Å². The van der Waals surface area contributed by atoms with Gasteiger partial charge in [-0.25, -0.2) is 14.4 Å². The molecule has 0 atom stereocenters. The number of nitrogen functional groups attached to an aromatic ring is 1. The number of rotatable bonds is 2. The van der Waals surface area contributed by atoms with Crippen molar-refractivity contribution in [1.82, 2.24) is 9.97 Å². The Balaban J connectivity index is 2.24. The van der Waals surface area contributed by atoms with Crippen molar-refractivity contribution in [3.63, 3.8) is 0 Å². The van der Waals surface area contributed by atoms with Gasteiger partial charge in [0.05, 0.1) is 11.3 Å². The molecular weight excluding hydrogens is 223 g/mol. The minimum Gasteiger partial charge on any atom is -0.396 e. The van der Waals surface area contributed by atoms with Crippen molar-refractivity contribution < 1.29 is 9.18 Å². The highest BCUT2D eigenvalue weighted by Crippen LogP contribution is 2.16. The van der Waals surface area contributed by atoms with Gasteiger partial charge in [0, 0.05) is 12.4 Å². The number of halogens is 1. The molecule has 2 aromatic rings. The van der Waals surface area contributed by atoms with Gasteiger partial charge in [0.25, 0.3) is 5.91 Å². The summed E-state index contributed by atoms with van der Waals surface area (Å²) < 4.78 is 13.1. The molecule has 0 aliphatic rings. The van der Waals surface area contributed by atoms with E-state index in [4.69, 9.17) is 5.73 Å². The second kappa shape index (κ2) is 4.56. The third-order valence-electron chi connectivity index (χ3n) is 2.09. The van der Waals surface area contributed by atoms with Crippen molar-refractivity contribution in [3.05, 3.63) is 48.0 Å². The first-order valence-corrected chi connectivity index (χ1v) is 4.81. The molecule has 86 valence electrons. The van der Waals surface area contributed by atoms with Gasteiger partial charge >= 0.3 is 0 Å². The molecule has 1 heterocycles. The van der Waals surface area contributed by atoms with Crippen LogP contribution in [0.25, 0.3) is 0 Å². The number of hydrogen-bond donors (Lipinski definition) is 2. The summed E-state index contributed by atoms with van der Waals surface area (Å²) in [6.07, 6.45) is 2.97. The monoisotopic (exact) mass is 232 g/mol. The van der Waals surface area contributed by atoms with E-state index in [1.807, 2.05) is 0 Å². The third kappa shape index (κ3) is 2.36. The molecule has 6 heteroatoms. The first-order chi connectivity index (χ1) is 8.18. The molecule has 1 aromatic carbocycles. The van der Waals surface area contributed by atoms with Gasteiger partial charge in [-0.1, -0.05) is 6.07 Å². The molecule has 0 fully saturated rings. The van der Waals surface area contributed by atoms with Crippen LogP contribution in [0.5, 0.6) is 0 Å². The Kier molecular flexibility index (Phi) is 2.95. The molecule has 3 N–H and O–H groups in total. The highest BCUT2D eigenvalue weighted by atomic mass is 19.1. The molecule has 1 amide bonds. The van der Waals surface area contributed by atoms with Gasteiger partial charge in [-0.2, -0.15) is 0 Å². The molecule has 2 rings (SSSR count). The summed E-state index contributed by atoms with van der Waals surface area (Å²) in [5, 5.41) is 2.42. The topological polar surface area (TPSA) is 80.9 Å². The number of amides is 1. The average molecular weight is 232 g/mol. The van der Waals surface area contributed by atoms with E-state index in [0.29, 0.717) is 0 Å². The van der Waals surface area contributed by atoms with Gasteiger partial charge < -0.3 is 5.73 Å². The van der Waals surface area contributed by atoms with E-state index in [1.165, 1.54) is 30.6 Å². The Morgan fingerprint density at radius 1 is 1.24 bits per heavy atom. The van der Waals surface area contributed by atoms with Gasteiger partial charge in [-0.3, -0.25) is 10.1 Å². The van der Waals surface area contributed by atoms with Crippen LogP contribution < -0.4 is 11.1 Å². The highest BCUT2D eigenvalue weighted by molar-refractivity contribution is 6.06. The second-order valence-electron chi connectivity index (χ2n) is 3.23. The van der Waals surface area contributed by atoms with E-state index < -0.39 is 11.7 Å². The van der Waals surface area contributed by atoms with Crippen LogP contribution in [0.4, 0.5) is 16.0 Å². The largest absolute Gasteiger partial charge is 0.396 e. The Hall–Kier alpha value is -2.50. The van der Waals surface area contributed by atoms with Gasteiger partial charge in [-0.05, 0) is 18.2 Å². The summed E-state index contributed by atoms with van der Waals surface area (Å²) in [5.41, 5.74) is 5.32. The molecule has 0 aliphatic carbocycles. The van der Waals surface area contributed by atoms with Crippen molar-refractivity contribution in [2.75, 3.05) is 11.1 Å². The fraction of sp³-hybridized carbons (Fsp3) is 0. The maximum absolute atomic E-state index is 13.1. The average Bonchev–Trinajstić information content (AvgIpc) is 2.34. The zero-order chi connectivity index (χ0) is 12.3. The summed E-state index contributed by atoms with van der Waals surface area (Å²) >= 11 is 0. The number of aromatic nitrogens is 2. The minimum absolute atomic E-state index is 0.0532. The molecule has 5 nitrogen and oxygen atoms in total. The van der Waals surface area contributed by atoms with E-state index >= 15 is 0 Å². The van der Waals surface area contributed by atoms with Crippen LogP contribution in [0.3, 0.4) is 0 Å². The standard InChI is InChI=1S/C11H9FN4O/c12-8-4-1-3-7(9(8)13)10(17)16-11-14-5-2-6-15-11/h1-6H,13H2,(H,14,15,16,17). The normalized spacial score (nSPS) is 9.94. The molecule has 0 bridgehead atoms. The van der Waals surface area contributed by atoms with Crippen LogP contribution in [-0.2, 0) is 0 Å². The Labute approximate surface area is 96.5 Å². The molecule has 0 saturated carbocycles. The predicted molar refractivity (Wildman–Crippen MR) is 60.8 cm³/mol. The number of benzene rings is 1. The number of nitrogens with zero attached hydrogens (tertiary/aromatic N) is 2. The number of carbonyl (C=O) groups is 1. The Morgan fingerprint density at radius 3 is 2.65 bits per heavy atom. The van der Waals surface area contributed by atoms with E-state index in [0.717, 1.165) is 0 Å². The minimum atomic E-state index is -0.633. The highest BCUT2D eigenvalue weighted by Gasteiger charge is 2.13. The van der Waals surface area contributed by atoms with Crippen LogP contribution in [0, 0.1) is 5.82 Å². The van der Waals surface area contributed by atoms with E-state index in [2.05, 4.69) is 15.3 Å². The smallest absolute Gasteiger partial charge is 0.260 e. The fourth-order valence-corrected chi connectivity index (χ4v) is 1.27. The number of nitrogens with one attached hydrogen (secondary N) is 1. The van der Waals surface area contributed by atoms with Gasteiger partial charge in [-0.15, -0.1) is 0 Å². The first kappa shape index (κ1) is 11.0. The number of hydrogen-bond acceptors (Lipinski definition) is 4. The maximum atomic E-state index is 13.1. The second-order valence-corrected chi connectivity index (χ2v) is 3.23. The van der Waals surface area contributed by atoms with Crippen LogP contribution in [0.1, 0.15) is 10.4 Å². The zero-order valence-electron chi connectivity index (χ0n) is 8.72. The molecular formula is C11H9FN4O. The van der Waals surface area contributed by atoms with E-state index in [-0.39, 0.29) is 17.2 Å². The lowest BCUT2D eigenvalue weighted by Gasteiger charge is -2.06. The summed E-state index contributed by atoms with van der Waals surface area (Å²) in [6, 6.07) is 5.64. The molecule has 0 unspecified atom stereocenters. The zero-order valence-corrected chi connectivity index (χ0v) is 8.72. The number of para-hydroxylation sites is 1. The molecule has 0 aliphatic heterocycles. The lowest BCUT2D eigenvalue weighted by atomic mass is 10.1. The molecule has 0 saturated heterocycles. The van der Waals surface area contributed by atoms with Crippen LogP contribution in [0.2, 0.25) is 0 Å². The first-order valence-electron chi connectivity index (χ1n) is 4.81. The Morgan fingerprint density at radius 2 is 1.94 bits per heavy atom. The van der Waals surface area contributed by atoms with Gasteiger partial charge in [0.15, 0.2) is 0 Å². The van der Waals surface area contributed by atoms with Gasteiger partial charge in [0.2, 0.25) is 5.95 Å². The quantitative estimate of drug-likeness (QED) is 0.768. The van der Waals surface area contributed by atoms with Crippen molar-refractivity contribution >= 4 is 17.5 Å². The predicted octanol–water partition coefficient (Wildman–Crippen LogP) is 1.45. The third-order valence-corrected chi connectivity index (χ3v) is 2.09. The summed E-state index contributed by atoms with van der Waals surface area (Å²) in [6.45, 7) is 0. The molecule has 17 heavy (non-hydrogen) atoms. The summed E-state index contributed by atoms with van der Waals surface area (Å²) in [5.74, 6) is -1.04. The summed E-state index contributed by atoms with van der Waals surface area (Å²) in [4.78, 5) is 19.4. The van der Waals surface area contributed by atoms with Crippen LogP contribution in [0.15, 0.2) is 36.7 Å². The van der Waals surface area contributed by atoms with Crippen molar-refractivity contribution in [2.24, 2.45) is 0 Å². The number of carbonyl (C=O) groups excluding carboxylic acids is 1. The van der Waals surface area contributed by atoms with Crippen molar-refractivity contribution in [2.45, 2.75) is 0 Å². The SMILES string of the molecule is Nc1c(F)cccc1C(=O)Nc1ncccn1. The molecule has 0 spiro atoms. The summed E-state index contributed by atoms with van der Waals surface area (Å²) in [7, 11) is 0. The molecule has 0 radical (unpaired) electrons. The Bertz CT molecular complexity index is 544.